The lowest BCUT2D eigenvalue weighted by Gasteiger charge is -2.25. The van der Waals surface area contributed by atoms with Crippen LogP contribution in [0.4, 0.5) is 32.0 Å². The first kappa shape index (κ1) is 52.2. The number of alkyl halides is 6. The van der Waals surface area contributed by atoms with Crippen LogP contribution in [-0.2, 0) is 16.9 Å². The van der Waals surface area contributed by atoms with Gasteiger partial charge in [0.05, 0.1) is 42.1 Å². The van der Waals surface area contributed by atoms with Gasteiger partial charge in [0.15, 0.2) is 0 Å². The van der Waals surface area contributed by atoms with E-state index in [2.05, 4.69) is 15.2 Å². The Kier molecular flexibility index (Phi) is 22.3. The Morgan fingerprint density at radius 2 is 1.09 bits per heavy atom. The van der Waals surface area contributed by atoms with E-state index >= 15 is 0 Å². The molecule has 0 aliphatic heterocycles. The van der Waals surface area contributed by atoms with Gasteiger partial charge < -0.3 is 71.5 Å². The largest absolute Gasteiger partial charge is 0.524 e. The second kappa shape index (κ2) is 23.5. The van der Waals surface area contributed by atoms with Gasteiger partial charge in [0.25, 0.3) is 5.91 Å². The summed E-state index contributed by atoms with van der Waals surface area (Å²) in [6.45, 7) is -1.14. The van der Waals surface area contributed by atoms with Crippen molar-refractivity contribution in [1.29, 1.82) is 0 Å². The van der Waals surface area contributed by atoms with Crippen molar-refractivity contribution in [3.8, 4) is 5.75 Å². The van der Waals surface area contributed by atoms with Crippen LogP contribution in [0.15, 0.2) is 36.4 Å². The lowest BCUT2D eigenvalue weighted by molar-refractivity contribution is -0.143. The highest BCUT2D eigenvalue weighted by Gasteiger charge is 2.37. The third kappa shape index (κ3) is 18.8. The number of hydrogen-bond donors (Lipinski definition) is 15. The van der Waals surface area contributed by atoms with E-state index in [9.17, 15) is 45.9 Å². The molecule has 0 spiro atoms. The van der Waals surface area contributed by atoms with Crippen molar-refractivity contribution in [1.82, 2.24) is 10.6 Å². The molecule has 2 aromatic rings. The minimum Gasteiger partial charge on any atom is -0.403 e. The lowest BCUT2D eigenvalue weighted by Crippen LogP contribution is -2.48. The van der Waals surface area contributed by atoms with Crippen LogP contribution in [0.2, 0.25) is 5.02 Å². The molecular formula is C29H43ClF6N3O15P. The summed E-state index contributed by atoms with van der Waals surface area (Å²) in [6.07, 6.45) is -21.6. The fourth-order valence-electron chi connectivity index (χ4n) is 3.90. The highest BCUT2D eigenvalue weighted by atomic mass is 35.5. The Balaban J connectivity index is 0.000000932. The standard InChI is InChI=1S/C15H9ClF6NO5P.2C7H17NO5/c16-9-1-2-12(28-29(25,26)27)11(6-9)13(24)23-10-4-7(14(17,18)19)3-8(5-10)15(20,21)22;2*1-8-2-4(10)6(12)7(13)5(11)3-9/h1-6H,(H,23,24)(H2,25,26,27);2*4-13H,2-3H2,1H3/t;2*4-,5+,6+,7+/m.00/s1. The average molecular weight is 854 g/mol. The van der Waals surface area contributed by atoms with Gasteiger partial charge in [-0.25, -0.2) is 4.57 Å². The van der Waals surface area contributed by atoms with E-state index < -0.39 is 116 Å². The second-order valence-electron chi connectivity index (χ2n) is 11.2. The maximum absolute atomic E-state index is 12.9. The molecule has 2 rings (SSSR count). The number of nitrogens with one attached hydrogen (secondary N) is 3. The number of carbonyl (C=O) groups excluding carboxylic acids is 1. The van der Waals surface area contributed by atoms with Gasteiger partial charge in [0.1, 0.15) is 42.4 Å². The maximum Gasteiger partial charge on any atom is 0.524 e. The van der Waals surface area contributed by atoms with E-state index in [4.69, 9.17) is 62.2 Å². The number of rotatable bonds is 16. The first-order valence-corrected chi connectivity index (χ1v) is 17.2. The Morgan fingerprint density at radius 1 is 0.709 bits per heavy atom. The minimum absolute atomic E-state index is 0.0936. The zero-order valence-corrected chi connectivity index (χ0v) is 30.2. The van der Waals surface area contributed by atoms with E-state index in [1.807, 2.05) is 0 Å². The molecule has 15 N–H and O–H groups in total. The quantitative estimate of drug-likeness (QED) is 0.0667. The SMILES string of the molecule is CNC[C@H](O)[C@@H](O)[C@H](O)[C@H](O)CO.CNC[C@H](O)[C@@H](O)[C@H](O)[C@H](O)CO.O=C(Nc1cc(C(F)(F)F)cc(C(F)(F)F)c1)c1cc(Cl)ccc1OP(=O)(O)O. The molecule has 2 aromatic carbocycles. The molecule has 0 bridgehead atoms. The Labute approximate surface area is 313 Å². The van der Waals surface area contributed by atoms with Gasteiger partial charge in [-0.1, -0.05) is 11.6 Å². The average Bonchev–Trinajstić information content (AvgIpc) is 3.09. The zero-order valence-electron chi connectivity index (χ0n) is 28.6. The third-order valence-electron chi connectivity index (χ3n) is 6.73. The van der Waals surface area contributed by atoms with Gasteiger partial charge in [-0.15, -0.1) is 0 Å². The number of aliphatic hydroxyl groups is 10. The molecule has 1 amide bonds. The number of aliphatic hydroxyl groups excluding tert-OH is 10. The van der Waals surface area contributed by atoms with Crippen LogP contribution in [0.5, 0.6) is 5.75 Å². The number of carbonyl (C=O) groups is 1. The Bertz CT molecular complexity index is 1450. The molecule has 0 saturated heterocycles. The molecule has 0 aromatic heterocycles. The van der Waals surface area contributed by atoms with E-state index in [0.717, 1.165) is 18.2 Å². The van der Waals surface area contributed by atoms with Crippen LogP contribution in [0, 0.1) is 0 Å². The highest BCUT2D eigenvalue weighted by Crippen LogP contribution is 2.41. The summed E-state index contributed by atoms with van der Waals surface area (Å²) in [6, 6.07) is 3.25. The number of likely N-dealkylation sites (N-methyl/N-ethyl adjacent to an activating group) is 2. The van der Waals surface area contributed by atoms with Crippen LogP contribution in [0.1, 0.15) is 21.5 Å². The van der Waals surface area contributed by atoms with E-state index in [1.165, 1.54) is 0 Å². The fourth-order valence-corrected chi connectivity index (χ4v) is 4.49. The molecule has 0 heterocycles. The third-order valence-corrected chi connectivity index (χ3v) is 7.40. The second-order valence-corrected chi connectivity index (χ2v) is 12.8. The monoisotopic (exact) mass is 853 g/mol. The predicted octanol–water partition coefficient (Wildman–Crippen LogP) is -1.62. The molecule has 8 atom stereocenters. The fraction of sp³-hybridized carbons (Fsp3) is 0.552. The van der Waals surface area contributed by atoms with Crippen LogP contribution in [-0.4, -0.2) is 156 Å². The number of anilines is 1. The van der Waals surface area contributed by atoms with Gasteiger partial charge >= 0.3 is 20.2 Å². The van der Waals surface area contributed by atoms with Crippen LogP contribution in [0.25, 0.3) is 0 Å². The van der Waals surface area contributed by atoms with E-state index in [1.54, 1.807) is 19.4 Å². The summed E-state index contributed by atoms with van der Waals surface area (Å²) in [5.74, 6) is -2.01. The first-order chi connectivity index (χ1) is 25.1. The summed E-state index contributed by atoms with van der Waals surface area (Å²) < 4.78 is 92.6. The lowest BCUT2D eigenvalue weighted by atomic mass is 10.0. The summed E-state index contributed by atoms with van der Waals surface area (Å²) in [5.41, 5.74) is -4.83. The van der Waals surface area contributed by atoms with Gasteiger partial charge in [-0.05, 0) is 50.5 Å². The Morgan fingerprint density at radius 3 is 1.42 bits per heavy atom. The molecular weight excluding hydrogens is 811 g/mol. The van der Waals surface area contributed by atoms with Crippen LogP contribution in [0.3, 0.4) is 0 Å². The number of halogens is 7. The number of benzene rings is 2. The first-order valence-electron chi connectivity index (χ1n) is 15.3. The van der Waals surface area contributed by atoms with E-state index in [-0.39, 0.29) is 36.3 Å². The predicted molar refractivity (Wildman–Crippen MR) is 179 cm³/mol. The van der Waals surface area contributed by atoms with Crippen molar-refractivity contribution in [2.24, 2.45) is 0 Å². The van der Waals surface area contributed by atoms with Crippen molar-refractivity contribution in [3.05, 3.63) is 58.1 Å². The molecule has 0 fully saturated rings. The highest BCUT2D eigenvalue weighted by molar-refractivity contribution is 7.46. The van der Waals surface area contributed by atoms with Crippen LogP contribution >= 0.6 is 19.4 Å². The minimum atomic E-state index is -5.13. The number of amides is 1. The van der Waals surface area contributed by atoms with Crippen molar-refractivity contribution in [3.63, 3.8) is 0 Å². The van der Waals surface area contributed by atoms with E-state index in [0.29, 0.717) is 0 Å². The number of phosphoric acid groups is 1. The smallest absolute Gasteiger partial charge is 0.403 e. The molecule has 0 aliphatic carbocycles. The van der Waals surface area contributed by atoms with Gasteiger partial charge in [0.2, 0.25) is 0 Å². The summed E-state index contributed by atoms with van der Waals surface area (Å²) >= 11 is 5.68. The summed E-state index contributed by atoms with van der Waals surface area (Å²) in [4.78, 5) is 30.1. The molecule has 0 unspecified atom stereocenters. The molecule has 0 saturated carbocycles. The number of phosphoric ester groups is 1. The summed E-state index contributed by atoms with van der Waals surface area (Å²) in [7, 11) is -1.98. The number of hydrogen-bond acceptors (Lipinski definition) is 15. The molecule has 318 valence electrons. The van der Waals surface area contributed by atoms with Gasteiger partial charge in [-0.3, -0.25) is 14.6 Å². The van der Waals surface area contributed by atoms with Crippen LogP contribution < -0.4 is 20.5 Å². The Hall–Kier alpha value is -2.75. The normalized spacial score (nSPS) is 16.5. The molecule has 0 radical (unpaired) electrons. The van der Waals surface area contributed by atoms with Gasteiger partial charge in [0, 0.05) is 23.8 Å². The molecule has 0 aliphatic rings. The van der Waals surface area contributed by atoms with Crippen molar-refractivity contribution < 1.29 is 101 Å². The van der Waals surface area contributed by atoms with Crippen molar-refractivity contribution in [2.45, 2.75) is 61.2 Å². The molecule has 26 heteroatoms. The van der Waals surface area contributed by atoms with Gasteiger partial charge in [-0.2, -0.15) is 26.3 Å². The van der Waals surface area contributed by atoms with Crippen molar-refractivity contribution in [2.75, 3.05) is 45.7 Å². The molecule has 55 heavy (non-hydrogen) atoms. The molecule has 18 nitrogen and oxygen atoms in total. The maximum atomic E-state index is 12.9. The zero-order chi connectivity index (χ0) is 43.1. The summed E-state index contributed by atoms with van der Waals surface area (Å²) in [5, 5.41) is 96.6. The van der Waals surface area contributed by atoms with Crippen molar-refractivity contribution >= 4 is 31.0 Å². The topological polar surface area (TPSA) is 322 Å².